The summed E-state index contributed by atoms with van der Waals surface area (Å²) in [6.07, 6.45) is -0.532. The smallest absolute Gasteiger partial charge is 0.252 e. The van der Waals surface area contributed by atoms with E-state index in [9.17, 15) is 57.8 Å². The van der Waals surface area contributed by atoms with E-state index < -0.39 is 125 Å². The molecule has 1 aromatic rings. The highest BCUT2D eigenvalue weighted by molar-refractivity contribution is 5.96. The van der Waals surface area contributed by atoms with E-state index in [4.69, 9.17) is 4.74 Å². The van der Waals surface area contributed by atoms with E-state index in [2.05, 4.69) is 26.6 Å². The minimum Gasteiger partial charge on any atom is -0.391 e. The minimum atomic E-state index is -2.11. The number of nitrogens with one attached hydrogen (secondary N) is 5. The Labute approximate surface area is 561 Å². The van der Waals surface area contributed by atoms with Crippen molar-refractivity contribution >= 4 is 71.6 Å². The maximum absolute atomic E-state index is 15.0. The van der Waals surface area contributed by atoms with Gasteiger partial charge < -0.3 is 60.5 Å². The first-order valence-corrected chi connectivity index (χ1v) is 33.4. The highest BCUT2D eigenvalue weighted by Crippen LogP contribution is 2.27. The topological polar surface area (TPSA) is 314 Å². The molecule has 25 heteroatoms. The van der Waals surface area contributed by atoms with Gasteiger partial charge in [-0.3, -0.25) is 62.9 Å². The van der Waals surface area contributed by atoms with Crippen LogP contribution >= 0.6 is 0 Å². The molecular weight excluding hydrogens is 1210 g/mol. The number of rotatable bonds is 42. The van der Waals surface area contributed by atoms with Crippen molar-refractivity contribution in [3.63, 3.8) is 0 Å². The molecule has 11 atom stereocenters. The average Bonchev–Trinajstić information content (AvgIpc) is 0.807. The third-order valence-electron chi connectivity index (χ3n) is 16.9. The molecule has 0 aliphatic carbocycles. The van der Waals surface area contributed by atoms with Gasteiger partial charge in [-0.05, 0) is 99.4 Å². The molecule has 0 saturated carbocycles. The van der Waals surface area contributed by atoms with Gasteiger partial charge in [0.25, 0.3) is 5.91 Å². The fourth-order valence-corrected chi connectivity index (χ4v) is 11.4. The van der Waals surface area contributed by atoms with Crippen molar-refractivity contribution in [1.29, 1.82) is 0 Å². The molecule has 0 spiro atoms. The maximum atomic E-state index is 15.0. The lowest BCUT2D eigenvalue weighted by Crippen LogP contribution is -2.68. The lowest BCUT2D eigenvalue weighted by Gasteiger charge is -2.43. The van der Waals surface area contributed by atoms with Gasteiger partial charge in [-0.25, -0.2) is 0 Å². The predicted octanol–water partition coefficient (Wildman–Crippen LogP) is 4.51. The standard InChI is InChI=1S/C69H119N11O14/c1-24-28-52(63(89)74-68(16,40-81)94-60(47(12)13)67(93)78(21)53(34-44(6)7)61(87)70-17)76(19)64(90)51(33-43(4)5)73-69(41-82,37-45(8)9)80(23)57(86)39-75(18)65(91)58(49(15)83)72-62(88)54(35-48(14)36-55(84)71-38-50-29-26-25-27-30-50)77(20)66(92)59(46(10)11)79(22)56(85)32-31-42(2)3/h25-27,29-30,40-49,51-54,58-60,73,83H,24,28,31-39H2,1-23H3,(H,70,87)(H,71,84)(H,72,88)(H,74,89). The van der Waals surface area contributed by atoms with Crippen molar-refractivity contribution in [3.8, 4) is 0 Å². The Balaban J connectivity index is 3.75. The summed E-state index contributed by atoms with van der Waals surface area (Å²) in [6.45, 7) is 27.7. The molecule has 10 amide bonds. The van der Waals surface area contributed by atoms with Crippen LogP contribution in [0.15, 0.2) is 30.3 Å². The third-order valence-corrected chi connectivity index (χ3v) is 16.9. The first kappa shape index (κ1) is 85.2. The first-order chi connectivity index (χ1) is 43.6. The molecule has 0 saturated heterocycles. The minimum absolute atomic E-state index is 0.0345. The lowest BCUT2D eigenvalue weighted by atomic mass is 9.93. The van der Waals surface area contributed by atoms with E-state index in [1.165, 1.54) is 75.7 Å². The number of aliphatic hydroxyl groups is 1. The maximum Gasteiger partial charge on any atom is 0.252 e. The van der Waals surface area contributed by atoms with Crippen LogP contribution in [0.3, 0.4) is 0 Å². The Morgan fingerprint density at radius 2 is 1.16 bits per heavy atom. The molecule has 6 N–H and O–H groups in total. The molecule has 25 nitrogen and oxygen atoms in total. The second-order valence-electron chi connectivity index (χ2n) is 28.2. The number of carbonyl (C=O) groups is 12. The summed E-state index contributed by atoms with van der Waals surface area (Å²) in [5, 5.41) is 25.2. The number of aliphatic hydroxyl groups excluding tert-OH is 1. The summed E-state index contributed by atoms with van der Waals surface area (Å²) in [4.78, 5) is 176. The molecule has 0 radical (unpaired) electrons. The fraction of sp³-hybridized carbons (Fsp3) is 0.739. The van der Waals surface area contributed by atoms with Crippen LogP contribution in [0.2, 0.25) is 0 Å². The first-order valence-electron chi connectivity index (χ1n) is 33.4. The van der Waals surface area contributed by atoms with Crippen molar-refractivity contribution < 1.29 is 67.4 Å². The van der Waals surface area contributed by atoms with Gasteiger partial charge in [-0.2, -0.15) is 0 Å². The molecular formula is C69H119N11O14. The third kappa shape index (κ3) is 26.0. The number of likely N-dealkylation sites (N-methyl/N-ethyl adjacent to an activating group) is 7. The quantitative estimate of drug-likeness (QED) is 0.0388. The van der Waals surface area contributed by atoms with Gasteiger partial charge in [0.15, 0.2) is 24.0 Å². The van der Waals surface area contributed by atoms with Crippen LogP contribution in [0.5, 0.6) is 0 Å². The number of carbonyl (C=O) groups excluding carboxylic acids is 12. The molecule has 0 bridgehead atoms. The summed E-state index contributed by atoms with van der Waals surface area (Å²) in [5.41, 5.74) is -3.16. The Morgan fingerprint density at radius 3 is 1.64 bits per heavy atom. The van der Waals surface area contributed by atoms with Crippen molar-refractivity contribution in [2.45, 2.75) is 235 Å². The van der Waals surface area contributed by atoms with Gasteiger partial charge in [-0.1, -0.05) is 134 Å². The van der Waals surface area contributed by atoms with Gasteiger partial charge in [-0.15, -0.1) is 0 Å². The zero-order valence-electron chi connectivity index (χ0n) is 60.9. The van der Waals surface area contributed by atoms with Crippen molar-refractivity contribution in [2.75, 3.05) is 55.9 Å². The molecule has 534 valence electrons. The molecule has 0 aliphatic heterocycles. The molecule has 94 heavy (non-hydrogen) atoms. The monoisotopic (exact) mass is 1330 g/mol. The van der Waals surface area contributed by atoms with Crippen LogP contribution in [0.4, 0.5) is 0 Å². The molecule has 0 heterocycles. The van der Waals surface area contributed by atoms with E-state index >= 15 is 4.79 Å². The summed E-state index contributed by atoms with van der Waals surface area (Å²) in [7, 11) is 9.90. The molecule has 11 unspecified atom stereocenters. The second kappa shape index (κ2) is 39.9. The summed E-state index contributed by atoms with van der Waals surface area (Å²) < 4.78 is 6.19. The normalized spacial score (nSPS) is 15.8. The van der Waals surface area contributed by atoms with Crippen LogP contribution in [-0.2, 0) is 68.8 Å². The summed E-state index contributed by atoms with van der Waals surface area (Å²) >= 11 is 0. The van der Waals surface area contributed by atoms with Gasteiger partial charge in [0, 0.05) is 68.7 Å². The van der Waals surface area contributed by atoms with Crippen molar-refractivity contribution in [3.05, 3.63) is 35.9 Å². The predicted molar refractivity (Wildman–Crippen MR) is 361 cm³/mol. The Morgan fingerprint density at radius 1 is 0.606 bits per heavy atom. The van der Waals surface area contributed by atoms with Gasteiger partial charge in [0.2, 0.25) is 53.2 Å². The number of benzene rings is 1. The number of hydrogen-bond donors (Lipinski definition) is 6. The molecule has 0 aliphatic rings. The van der Waals surface area contributed by atoms with E-state index in [0.29, 0.717) is 31.8 Å². The molecule has 0 fully saturated rings. The van der Waals surface area contributed by atoms with Crippen molar-refractivity contribution in [2.24, 2.45) is 41.4 Å². The second-order valence-corrected chi connectivity index (χ2v) is 28.2. The molecule has 1 rings (SSSR count). The van der Waals surface area contributed by atoms with Crippen LogP contribution in [0.1, 0.15) is 174 Å². The molecule has 1 aromatic carbocycles. The molecule has 0 aromatic heterocycles. The van der Waals surface area contributed by atoms with E-state index in [-0.39, 0.29) is 86.5 Å². The average molecular weight is 1330 g/mol. The summed E-state index contributed by atoms with van der Waals surface area (Å²) in [6, 6.07) is 1.90. The Kier molecular flexibility index (Phi) is 36.1. The lowest BCUT2D eigenvalue weighted by molar-refractivity contribution is -0.173. The number of amides is 10. The van der Waals surface area contributed by atoms with Crippen LogP contribution < -0.4 is 26.6 Å². The zero-order chi connectivity index (χ0) is 72.4. The highest BCUT2D eigenvalue weighted by atomic mass is 16.5. The number of nitrogens with zero attached hydrogens (tertiary/aromatic N) is 6. The van der Waals surface area contributed by atoms with Crippen LogP contribution in [0, 0.1) is 41.4 Å². The fourth-order valence-electron chi connectivity index (χ4n) is 11.4. The largest absolute Gasteiger partial charge is 0.391 e. The number of aldehydes is 2. The SMILES string of the molecule is CCCC(C(=O)NC(C)(C=O)OC(C(=O)N(C)C(CC(C)C)C(=O)NC)C(C)C)N(C)C(=O)C(CC(C)C)NC(C=O)(CC(C)C)N(C)C(=O)CN(C)C(=O)C(NC(=O)C(CC(C)CC(=O)NCc1ccccc1)N(C)C(=O)C(C(C)C)N(C)C(=O)CCC(C)C)C(C)O. The van der Waals surface area contributed by atoms with E-state index in [0.717, 1.165) is 15.4 Å². The summed E-state index contributed by atoms with van der Waals surface area (Å²) in [5.74, 6) is -7.88. The van der Waals surface area contributed by atoms with E-state index in [1.54, 1.807) is 62.4 Å². The highest BCUT2D eigenvalue weighted by Gasteiger charge is 2.46. The number of ether oxygens (including phenoxy) is 1. The van der Waals surface area contributed by atoms with Crippen LogP contribution in [0.25, 0.3) is 0 Å². The van der Waals surface area contributed by atoms with Gasteiger partial charge in [0.1, 0.15) is 36.3 Å². The van der Waals surface area contributed by atoms with Crippen molar-refractivity contribution in [1.82, 2.24) is 56.0 Å². The number of hydrogen-bond acceptors (Lipinski definition) is 15. The van der Waals surface area contributed by atoms with E-state index in [1.807, 2.05) is 71.9 Å². The van der Waals surface area contributed by atoms with Gasteiger partial charge >= 0.3 is 0 Å². The van der Waals surface area contributed by atoms with Gasteiger partial charge in [0.05, 0.1) is 18.7 Å². The Hall–Kier alpha value is -6.86. The van der Waals surface area contributed by atoms with Crippen LogP contribution in [-0.4, -0.2) is 222 Å². The Bertz CT molecular complexity index is 2660. The zero-order valence-corrected chi connectivity index (χ0v) is 60.9.